The van der Waals surface area contributed by atoms with E-state index in [4.69, 9.17) is 9.84 Å². The summed E-state index contributed by atoms with van der Waals surface area (Å²) in [6.07, 6.45) is 2.02. The fraction of sp³-hybridized carbons (Fsp3) is 0.200. The van der Waals surface area contributed by atoms with Crippen molar-refractivity contribution in [3.8, 4) is 10.9 Å². The van der Waals surface area contributed by atoms with Gasteiger partial charge in [0.25, 0.3) is 5.19 Å². The summed E-state index contributed by atoms with van der Waals surface area (Å²) >= 11 is 2.92. The molecule has 0 saturated heterocycles. The van der Waals surface area contributed by atoms with Crippen molar-refractivity contribution in [3.05, 3.63) is 29.3 Å². The van der Waals surface area contributed by atoms with Gasteiger partial charge in [-0.2, -0.15) is 0 Å². The van der Waals surface area contributed by atoms with E-state index in [1.165, 1.54) is 16.2 Å². The molecule has 2 aromatic rings. The quantitative estimate of drug-likeness (QED) is 0.850. The molecule has 0 unspecified atom stereocenters. The van der Waals surface area contributed by atoms with Crippen molar-refractivity contribution < 1.29 is 9.84 Å². The van der Waals surface area contributed by atoms with E-state index < -0.39 is 0 Å². The van der Waals surface area contributed by atoms with Gasteiger partial charge in [-0.1, -0.05) is 16.4 Å². The van der Waals surface area contributed by atoms with Crippen LogP contribution in [-0.4, -0.2) is 21.6 Å². The second-order valence-corrected chi connectivity index (χ2v) is 4.80. The van der Waals surface area contributed by atoms with Gasteiger partial charge in [-0.15, -0.1) is 16.9 Å². The lowest BCUT2D eigenvalue weighted by Gasteiger charge is -2.01. The number of ether oxygens (including phenoxy) is 1. The normalized spacial score (nSPS) is 10.4. The lowest BCUT2D eigenvalue weighted by atomic mass is 10.3. The van der Waals surface area contributed by atoms with Crippen molar-refractivity contribution in [3.63, 3.8) is 0 Å². The number of aliphatic hydroxyl groups excluding tert-OH is 1. The van der Waals surface area contributed by atoms with Crippen LogP contribution in [0.1, 0.15) is 5.01 Å². The molecule has 0 atom stereocenters. The first-order valence-electron chi connectivity index (χ1n) is 4.57. The molecule has 16 heavy (non-hydrogen) atoms. The third kappa shape index (κ3) is 2.72. The number of benzene rings is 1. The zero-order chi connectivity index (χ0) is 11.4. The molecule has 0 aliphatic rings. The van der Waals surface area contributed by atoms with Gasteiger partial charge >= 0.3 is 0 Å². The lowest BCUT2D eigenvalue weighted by molar-refractivity contribution is 0.280. The molecule has 0 saturated carbocycles. The Bertz CT molecular complexity index is 456. The maximum absolute atomic E-state index is 8.83. The first-order chi connectivity index (χ1) is 7.81. The monoisotopic (exact) mass is 254 g/mol. The third-order valence-electron chi connectivity index (χ3n) is 1.85. The Morgan fingerprint density at radius 2 is 2.06 bits per heavy atom. The molecule has 1 N–H and O–H groups in total. The van der Waals surface area contributed by atoms with Crippen molar-refractivity contribution in [1.29, 1.82) is 0 Å². The summed E-state index contributed by atoms with van der Waals surface area (Å²) in [5, 5.41) is 17.4. The van der Waals surface area contributed by atoms with Gasteiger partial charge in [0.2, 0.25) is 0 Å². The molecule has 0 amide bonds. The van der Waals surface area contributed by atoms with Crippen molar-refractivity contribution in [2.75, 3.05) is 6.26 Å². The van der Waals surface area contributed by atoms with Crippen LogP contribution in [0.5, 0.6) is 10.9 Å². The molecular weight excluding hydrogens is 244 g/mol. The Morgan fingerprint density at radius 3 is 2.62 bits per heavy atom. The molecule has 1 heterocycles. The predicted octanol–water partition coefficient (Wildman–Crippen LogP) is 2.54. The summed E-state index contributed by atoms with van der Waals surface area (Å²) in [6, 6.07) is 7.72. The molecule has 0 aliphatic heterocycles. The summed E-state index contributed by atoms with van der Waals surface area (Å²) in [5.41, 5.74) is 0. The van der Waals surface area contributed by atoms with Crippen LogP contribution in [0, 0.1) is 0 Å². The maximum atomic E-state index is 8.83. The van der Waals surface area contributed by atoms with E-state index in [2.05, 4.69) is 10.2 Å². The van der Waals surface area contributed by atoms with Gasteiger partial charge in [0.15, 0.2) is 0 Å². The maximum Gasteiger partial charge on any atom is 0.299 e. The highest BCUT2D eigenvalue weighted by Gasteiger charge is 2.05. The van der Waals surface area contributed by atoms with Gasteiger partial charge < -0.3 is 9.84 Å². The Morgan fingerprint density at radius 1 is 1.31 bits per heavy atom. The van der Waals surface area contributed by atoms with Gasteiger partial charge in [-0.3, -0.25) is 0 Å². The van der Waals surface area contributed by atoms with E-state index in [0.717, 1.165) is 5.75 Å². The van der Waals surface area contributed by atoms with Crippen molar-refractivity contribution in [1.82, 2.24) is 10.2 Å². The first kappa shape index (κ1) is 11.4. The Kier molecular flexibility index (Phi) is 3.76. The standard InChI is InChI=1S/C10H10N2O2S2/c1-15-8-4-2-7(3-5-8)14-10-12-11-9(6-13)16-10/h2-5,13H,6H2,1H3. The van der Waals surface area contributed by atoms with E-state index in [1.807, 2.05) is 30.5 Å². The van der Waals surface area contributed by atoms with Gasteiger partial charge in [-0.05, 0) is 30.5 Å². The number of aromatic nitrogens is 2. The van der Waals surface area contributed by atoms with Gasteiger partial charge in [0.05, 0.1) is 6.61 Å². The molecule has 6 heteroatoms. The molecule has 0 spiro atoms. The van der Waals surface area contributed by atoms with Gasteiger partial charge in [-0.25, -0.2) is 0 Å². The first-order valence-corrected chi connectivity index (χ1v) is 6.61. The zero-order valence-corrected chi connectivity index (χ0v) is 10.2. The second-order valence-electron chi connectivity index (χ2n) is 2.90. The summed E-state index contributed by atoms with van der Waals surface area (Å²) in [4.78, 5) is 1.18. The molecule has 2 rings (SSSR count). The fourth-order valence-corrected chi connectivity index (χ4v) is 2.06. The highest BCUT2D eigenvalue weighted by atomic mass is 32.2. The topological polar surface area (TPSA) is 55.2 Å². The zero-order valence-electron chi connectivity index (χ0n) is 8.58. The molecule has 0 fully saturated rings. The third-order valence-corrected chi connectivity index (χ3v) is 3.38. The summed E-state index contributed by atoms with van der Waals surface area (Å²) in [7, 11) is 0. The summed E-state index contributed by atoms with van der Waals surface area (Å²) in [5.74, 6) is 0.721. The van der Waals surface area contributed by atoms with Crippen LogP contribution in [-0.2, 0) is 6.61 Å². The Labute approximate surface area is 101 Å². The smallest absolute Gasteiger partial charge is 0.299 e. The van der Waals surface area contributed by atoms with Crippen LogP contribution < -0.4 is 4.74 Å². The van der Waals surface area contributed by atoms with Crippen LogP contribution in [0.3, 0.4) is 0 Å². The van der Waals surface area contributed by atoms with E-state index >= 15 is 0 Å². The van der Waals surface area contributed by atoms with Gasteiger partial charge in [0, 0.05) is 4.90 Å². The second kappa shape index (κ2) is 5.29. The van der Waals surface area contributed by atoms with E-state index in [1.54, 1.807) is 11.8 Å². The molecule has 0 bridgehead atoms. The fourth-order valence-electron chi connectivity index (χ4n) is 1.09. The summed E-state index contributed by atoms with van der Waals surface area (Å²) < 4.78 is 5.48. The number of rotatable bonds is 4. The molecule has 4 nitrogen and oxygen atoms in total. The Balaban J connectivity index is 2.08. The highest BCUT2D eigenvalue weighted by Crippen LogP contribution is 2.26. The molecule has 0 aliphatic carbocycles. The largest absolute Gasteiger partial charge is 0.430 e. The minimum atomic E-state index is -0.105. The minimum absolute atomic E-state index is 0.105. The van der Waals surface area contributed by atoms with Crippen molar-refractivity contribution in [2.24, 2.45) is 0 Å². The van der Waals surface area contributed by atoms with Gasteiger partial charge in [0.1, 0.15) is 10.8 Å². The van der Waals surface area contributed by atoms with Crippen LogP contribution in [0.15, 0.2) is 29.2 Å². The predicted molar refractivity (Wildman–Crippen MR) is 64.1 cm³/mol. The molecule has 1 aromatic carbocycles. The lowest BCUT2D eigenvalue weighted by Crippen LogP contribution is -1.83. The highest BCUT2D eigenvalue weighted by molar-refractivity contribution is 7.98. The van der Waals surface area contributed by atoms with Crippen molar-refractivity contribution in [2.45, 2.75) is 11.5 Å². The van der Waals surface area contributed by atoms with E-state index in [0.29, 0.717) is 10.2 Å². The van der Waals surface area contributed by atoms with Crippen LogP contribution in [0.25, 0.3) is 0 Å². The molecule has 0 radical (unpaired) electrons. The van der Waals surface area contributed by atoms with E-state index in [-0.39, 0.29) is 6.61 Å². The number of hydrogen-bond donors (Lipinski definition) is 1. The average molecular weight is 254 g/mol. The van der Waals surface area contributed by atoms with Crippen LogP contribution >= 0.6 is 23.1 Å². The molecule has 1 aromatic heterocycles. The minimum Gasteiger partial charge on any atom is -0.430 e. The number of thioether (sulfide) groups is 1. The SMILES string of the molecule is CSc1ccc(Oc2nnc(CO)s2)cc1. The summed E-state index contributed by atoms with van der Waals surface area (Å²) in [6.45, 7) is -0.105. The molecule has 84 valence electrons. The number of hydrogen-bond acceptors (Lipinski definition) is 6. The molecular formula is C10H10N2O2S2. The number of nitrogens with zero attached hydrogens (tertiary/aromatic N) is 2. The van der Waals surface area contributed by atoms with Crippen LogP contribution in [0.4, 0.5) is 0 Å². The number of aliphatic hydroxyl groups is 1. The van der Waals surface area contributed by atoms with Crippen molar-refractivity contribution >= 4 is 23.1 Å². The van der Waals surface area contributed by atoms with Crippen LogP contribution in [0.2, 0.25) is 0 Å². The van der Waals surface area contributed by atoms with E-state index in [9.17, 15) is 0 Å². The Hall–Kier alpha value is -1.11. The average Bonchev–Trinajstić information content (AvgIpc) is 2.78.